The van der Waals surface area contributed by atoms with E-state index in [9.17, 15) is 5.11 Å². The molecule has 1 unspecified atom stereocenters. The van der Waals surface area contributed by atoms with Crippen molar-refractivity contribution in [1.29, 1.82) is 0 Å². The molecule has 1 atom stereocenters. The van der Waals surface area contributed by atoms with Crippen molar-refractivity contribution in [2.75, 3.05) is 0 Å². The molecule has 1 N–H and O–H groups in total. The first-order valence-electron chi connectivity index (χ1n) is 6.16. The van der Waals surface area contributed by atoms with Crippen LogP contribution in [0.1, 0.15) is 46.6 Å². The van der Waals surface area contributed by atoms with Gasteiger partial charge in [0.2, 0.25) is 0 Å². The van der Waals surface area contributed by atoms with Gasteiger partial charge in [-0.1, -0.05) is 0 Å². The molecule has 1 saturated heterocycles. The Kier molecular flexibility index (Phi) is 2.64. The van der Waals surface area contributed by atoms with Crippen LogP contribution in [0.25, 0.3) is 0 Å². The predicted octanol–water partition coefficient (Wildman–Crippen LogP) is 2.07. The highest BCUT2D eigenvalue weighted by Gasteiger charge is 2.57. The summed E-state index contributed by atoms with van der Waals surface area (Å²) in [7, 11) is 0. The first kappa shape index (κ1) is 12.6. The van der Waals surface area contributed by atoms with E-state index in [1.165, 1.54) is 0 Å². The highest BCUT2D eigenvalue weighted by Crippen LogP contribution is 2.50. The lowest BCUT2D eigenvalue weighted by Gasteiger charge is -2.34. The van der Waals surface area contributed by atoms with E-state index in [-0.39, 0.29) is 5.60 Å². The molecule has 0 amide bonds. The molecule has 0 aromatic carbocycles. The molecule has 1 aromatic rings. The van der Waals surface area contributed by atoms with Crippen molar-refractivity contribution >= 4 is 0 Å². The van der Waals surface area contributed by atoms with Crippen molar-refractivity contribution in [3.8, 4) is 0 Å². The number of ether oxygens (including phenoxy) is 1. The van der Waals surface area contributed by atoms with E-state index in [1.807, 2.05) is 45.5 Å². The van der Waals surface area contributed by atoms with Crippen LogP contribution in [0.3, 0.4) is 0 Å². The van der Waals surface area contributed by atoms with Gasteiger partial charge in [0.1, 0.15) is 5.60 Å². The minimum Gasteiger partial charge on any atom is -0.382 e. The first-order chi connectivity index (χ1) is 7.70. The summed E-state index contributed by atoms with van der Waals surface area (Å²) in [6, 6.07) is 0. The van der Waals surface area contributed by atoms with Crippen LogP contribution in [0.15, 0.2) is 12.4 Å². The Morgan fingerprint density at radius 3 is 2.47 bits per heavy atom. The Morgan fingerprint density at radius 1 is 1.41 bits per heavy atom. The summed E-state index contributed by atoms with van der Waals surface area (Å²) in [6.45, 7) is 10.7. The average Bonchev–Trinajstić information content (AvgIpc) is 2.67. The maximum Gasteiger partial charge on any atom is 0.124 e. The van der Waals surface area contributed by atoms with Gasteiger partial charge in [0.25, 0.3) is 0 Å². The van der Waals surface area contributed by atoms with Gasteiger partial charge < -0.3 is 9.84 Å². The molecule has 96 valence electrons. The lowest BCUT2D eigenvalue weighted by atomic mass is 9.78. The second-order valence-corrected chi connectivity index (χ2v) is 5.99. The third-order valence-electron chi connectivity index (χ3n) is 3.64. The maximum atomic E-state index is 11.0. The smallest absolute Gasteiger partial charge is 0.124 e. The van der Waals surface area contributed by atoms with Gasteiger partial charge in [-0.3, -0.25) is 4.68 Å². The minimum absolute atomic E-state index is 0.313. The predicted molar refractivity (Wildman–Crippen MR) is 65.7 cm³/mol. The molecule has 0 aliphatic carbocycles. The zero-order valence-corrected chi connectivity index (χ0v) is 11.3. The van der Waals surface area contributed by atoms with Crippen LogP contribution < -0.4 is 0 Å². The fourth-order valence-corrected chi connectivity index (χ4v) is 2.84. The molecular formula is C13H22N2O2. The van der Waals surface area contributed by atoms with E-state index >= 15 is 0 Å². The quantitative estimate of drug-likeness (QED) is 0.858. The first-order valence-corrected chi connectivity index (χ1v) is 6.16. The number of rotatable bonds is 2. The number of aryl methyl sites for hydroxylation is 1. The van der Waals surface area contributed by atoms with Gasteiger partial charge in [0.15, 0.2) is 0 Å². The molecule has 17 heavy (non-hydrogen) atoms. The molecule has 1 aliphatic heterocycles. The van der Waals surface area contributed by atoms with Gasteiger partial charge in [0.05, 0.1) is 17.4 Å². The Balaban J connectivity index is 2.41. The van der Waals surface area contributed by atoms with E-state index in [0.29, 0.717) is 6.42 Å². The third-order valence-corrected chi connectivity index (χ3v) is 3.64. The van der Waals surface area contributed by atoms with Crippen LogP contribution in [-0.2, 0) is 16.9 Å². The van der Waals surface area contributed by atoms with Gasteiger partial charge >= 0.3 is 0 Å². The Bertz CT molecular complexity index is 423. The summed E-state index contributed by atoms with van der Waals surface area (Å²) in [5, 5.41) is 15.2. The van der Waals surface area contributed by atoms with Gasteiger partial charge in [-0.25, -0.2) is 0 Å². The molecule has 2 heterocycles. The molecule has 1 fully saturated rings. The van der Waals surface area contributed by atoms with Crippen LogP contribution in [0, 0.1) is 0 Å². The van der Waals surface area contributed by atoms with E-state index in [1.54, 1.807) is 6.20 Å². The summed E-state index contributed by atoms with van der Waals surface area (Å²) in [5.74, 6) is 0. The minimum atomic E-state index is -0.968. The molecule has 4 heteroatoms. The summed E-state index contributed by atoms with van der Waals surface area (Å²) >= 11 is 0. The molecule has 1 aliphatic rings. The monoisotopic (exact) mass is 238 g/mol. The van der Waals surface area contributed by atoms with Crippen LogP contribution in [0.2, 0.25) is 0 Å². The lowest BCUT2D eigenvalue weighted by Crippen LogP contribution is -2.43. The summed E-state index contributed by atoms with van der Waals surface area (Å²) in [6.07, 6.45) is 4.24. The highest BCUT2D eigenvalue weighted by molar-refractivity contribution is 5.24. The van der Waals surface area contributed by atoms with Crippen molar-refractivity contribution in [1.82, 2.24) is 9.78 Å². The second kappa shape index (κ2) is 3.56. The topological polar surface area (TPSA) is 47.3 Å². The van der Waals surface area contributed by atoms with Crippen molar-refractivity contribution in [2.24, 2.45) is 0 Å². The van der Waals surface area contributed by atoms with Crippen molar-refractivity contribution < 1.29 is 9.84 Å². The molecule has 0 radical (unpaired) electrons. The molecule has 4 nitrogen and oxygen atoms in total. The number of hydrogen-bond acceptors (Lipinski definition) is 3. The van der Waals surface area contributed by atoms with Gasteiger partial charge in [-0.05, 0) is 34.6 Å². The fraction of sp³-hybridized carbons (Fsp3) is 0.769. The summed E-state index contributed by atoms with van der Waals surface area (Å²) in [4.78, 5) is 0. The lowest BCUT2D eigenvalue weighted by molar-refractivity contribution is -0.129. The van der Waals surface area contributed by atoms with Gasteiger partial charge in [-0.15, -0.1) is 0 Å². The standard InChI is InChI=1S/C13H22N2O2/c1-6-15-8-10(7-14-15)13(16)9-11(2,3)17-12(13,4)5/h7-8,16H,6,9H2,1-5H3. The van der Waals surface area contributed by atoms with Crippen LogP contribution >= 0.6 is 0 Å². The molecule has 0 saturated carbocycles. The zero-order chi connectivity index (χ0) is 12.9. The van der Waals surface area contributed by atoms with Gasteiger partial charge in [-0.2, -0.15) is 5.10 Å². The third kappa shape index (κ3) is 1.89. The molecule has 1 aromatic heterocycles. The average molecular weight is 238 g/mol. The Morgan fingerprint density at radius 2 is 2.06 bits per heavy atom. The summed E-state index contributed by atoms with van der Waals surface area (Å²) in [5.41, 5.74) is -1.04. The molecule has 2 rings (SSSR count). The zero-order valence-electron chi connectivity index (χ0n) is 11.3. The van der Waals surface area contributed by atoms with E-state index in [4.69, 9.17) is 4.74 Å². The number of nitrogens with zero attached hydrogens (tertiary/aromatic N) is 2. The maximum absolute atomic E-state index is 11.0. The number of aromatic nitrogens is 2. The van der Waals surface area contributed by atoms with Crippen molar-refractivity contribution in [3.05, 3.63) is 18.0 Å². The van der Waals surface area contributed by atoms with Crippen LogP contribution in [0.5, 0.6) is 0 Å². The largest absolute Gasteiger partial charge is 0.382 e. The van der Waals surface area contributed by atoms with E-state index in [0.717, 1.165) is 12.1 Å². The van der Waals surface area contributed by atoms with Crippen molar-refractivity contribution in [3.63, 3.8) is 0 Å². The van der Waals surface area contributed by atoms with Gasteiger partial charge in [0, 0.05) is 24.7 Å². The van der Waals surface area contributed by atoms with Crippen LogP contribution in [-0.4, -0.2) is 26.1 Å². The van der Waals surface area contributed by atoms with E-state index in [2.05, 4.69) is 5.10 Å². The SMILES string of the molecule is CCn1cc(C2(O)CC(C)(C)OC2(C)C)cn1. The van der Waals surface area contributed by atoms with Crippen molar-refractivity contribution in [2.45, 2.75) is 64.4 Å². The normalized spacial score (nSPS) is 30.7. The van der Waals surface area contributed by atoms with E-state index < -0.39 is 11.2 Å². The number of aliphatic hydroxyl groups is 1. The number of hydrogen-bond donors (Lipinski definition) is 1. The summed E-state index contributed by atoms with van der Waals surface area (Å²) < 4.78 is 7.79. The van der Waals surface area contributed by atoms with Crippen LogP contribution in [0.4, 0.5) is 0 Å². The molecular weight excluding hydrogens is 216 g/mol. The Labute approximate surface area is 103 Å². The fourth-order valence-electron chi connectivity index (χ4n) is 2.84. The molecule has 0 bridgehead atoms. The highest BCUT2D eigenvalue weighted by atomic mass is 16.5. The molecule has 0 spiro atoms. The second-order valence-electron chi connectivity index (χ2n) is 5.99. The Hall–Kier alpha value is -0.870.